The third-order valence-electron chi connectivity index (χ3n) is 2.89. The number of aryl methyl sites for hydroxylation is 1. The fraction of sp³-hybridized carbons (Fsp3) is 0.0667. The number of phenols is 2. The molecule has 0 heterocycles. The van der Waals surface area contributed by atoms with Crippen LogP contribution < -0.4 is 5.32 Å². The number of rotatable bonds is 3. The van der Waals surface area contributed by atoms with E-state index in [9.17, 15) is 19.8 Å². The first-order chi connectivity index (χ1) is 9.88. The summed E-state index contributed by atoms with van der Waals surface area (Å²) >= 11 is 0. The van der Waals surface area contributed by atoms with Crippen LogP contribution in [-0.4, -0.2) is 27.2 Å². The molecule has 0 aliphatic rings. The van der Waals surface area contributed by atoms with E-state index in [1.54, 1.807) is 13.0 Å². The quantitative estimate of drug-likeness (QED) is 0.648. The van der Waals surface area contributed by atoms with Gasteiger partial charge in [0.1, 0.15) is 11.5 Å². The minimum Gasteiger partial charge on any atom is -0.507 e. The van der Waals surface area contributed by atoms with Gasteiger partial charge in [0.05, 0.1) is 16.8 Å². The van der Waals surface area contributed by atoms with Crippen LogP contribution in [0.25, 0.3) is 0 Å². The number of carboxylic acid groups (broad SMARTS) is 1. The van der Waals surface area contributed by atoms with E-state index in [0.717, 1.165) is 11.6 Å². The van der Waals surface area contributed by atoms with Crippen molar-refractivity contribution in [1.82, 2.24) is 0 Å². The van der Waals surface area contributed by atoms with E-state index < -0.39 is 11.9 Å². The van der Waals surface area contributed by atoms with Crippen LogP contribution in [0.5, 0.6) is 11.5 Å². The second kappa shape index (κ2) is 5.54. The molecule has 0 saturated carbocycles. The molecule has 4 N–H and O–H groups in total. The predicted molar refractivity (Wildman–Crippen MR) is 75.9 cm³/mol. The van der Waals surface area contributed by atoms with E-state index in [1.807, 2.05) is 0 Å². The molecule has 0 radical (unpaired) electrons. The van der Waals surface area contributed by atoms with Gasteiger partial charge >= 0.3 is 5.97 Å². The number of amides is 1. The third kappa shape index (κ3) is 3.11. The fourth-order valence-electron chi connectivity index (χ4n) is 1.79. The monoisotopic (exact) mass is 287 g/mol. The van der Waals surface area contributed by atoms with Gasteiger partial charge < -0.3 is 20.6 Å². The topological polar surface area (TPSA) is 107 Å². The number of carbonyl (C=O) groups excluding carboxylic acids is 1. The molecule has 2 aromatic rings. The van der Waals surface area contributed by atoms with Crippen molar-refractivity contribution in [2.45, 2.75) is 6.92 Å². The first-order valence-corrected chi connectivity index (χ1v) is 6.06. The highest BCUT2D eigenvalue weighted by Crippen LogP contribution is 2.26. The smallest absolute Gasteiger partial charge is 0.335 e. The van der Waals surface area contributed by atoms with Crippen LogP contribution in [0.1, 0.15) is 26.3 Å². The van der Waals surface area contributed by atoms with Gasteiger partial charge in [-0.2, -0.15) is 0 Å². The molecule has 0 saturated heterocycles. The molecule has 1 amide bonds. The van der Waals surface area contributed by atoms with Gasteiger partial charge in [-0.3, -0.25) is 4.79 Å². The highest BCUT2D eigenvalue weighted by Gasteiger charge is 2.14. The average molecular weight is 287 g/mol. The highest BCUT2D eigenvalue weighted by atomic mass is 16.4. The summed E-state index contributed by atoms with van der Waals surface area (Å²) in [6.45, 7) is 1.78. The van der Waals surface area contributed by atoms with Gasteiger partial charge in [-0.1, -0.05) is 6.07 Å². The molecular formula is C15H13NO5. The largest absolute Gasteiger partial charge is 0.507 e. The molecule has 6 heteroatoms. The number of phenolic OH excluding ortho intramolecular Hbond substituents is 2. The Morgan fingerprint density at radius 1 is 1.00 bits per heavy atom. The zero-order chi connectivity index (χ0) is 15.6. The normalized spacial score (nSPS) is 10.1. The van der Waals surface area contributed by atoms with E-state index in [2.05, 4.69) is 5.32 Å². The van der Waals surface area contributed by atoms with Crippen LogP contribution in [0.4, 0.5) is 5.69 Å². The third-order valence-corrected chi connectivity index (χ3v) is 2.89. The van der Waals surface area contributed by atoms with Gasteiger partial charge in [-0.05, 0) is 42.8 Å². The maximum Gasteiger partial charge on any atom is 0.335 e. The number of aromatic carboxylic acids is 1. The Morgan fingerprint density at radius 2 is 1.71 bits per heavy atom. The zero-order valence-electron chi connectivity index (χ0n) is 11.1. The molecule has 2 rings (SSSR count). The van der Waals surface area contributed by atoms with Crippen LogP contribution in [0.3, 0.4) is 0 Å². The number of nitrogens with one attached hydrogen (secondary N) is 1. The van der Waals surface area contributed by atoms with E-state index >= 15 is 0 Å². The molecule has 0 unspecified atom stereocenters. The first kappa shape index (κ1) is 14.4. The lowest BCUT2D eigenvalue weighted by Crippen LogP contribution is -2.12. The van der Waals surface area contributed by atoms with Crippen LogP contribution in [0.2, 0.25) is 0 Å². The highest BCUT2D eigenvalue weighted by molar-refractivity contribution is 6.07. The number of aromatic hydroxyl groups is 2. The molecule has 0 aliphatic heterocycles. The Hall–Kier alpha value is -3.02. The second-order valence-corrected chi connectivity index (χ2v) is 4.51. The van der Waals surface area contributed by atoms with Crippen molar-refractivity contribution in [2.75, 3.05) is 5.32 Å². The summed E-state index contributed by atoms with van der Waals surface area (Å²) in [5.74, 6) is -2.32. The minimum atomic E-state index is -1.18. The van der Waals surface area contributed by atoms with Crippen LogP contribution in [-0.2, 0) is 0 Å². The standard InChI is InChI=1S/C15H13NO5/c1-8-2-4-10(12(17)6-8)14(19)16-11-5-3-9(15(20)21)7-13(11)18/h2-7,17-18H,1H3,(H,16,19)(H,20,21). The lowest BCUT2D eigenvalue weighted by Gasteiger charge is -2.09. The lowest BCUT2D eigenvalue weighted by atomic mass is 10.1. The first-order valence-electron chi connectivity index (χ1n) is 6.06. The predicted octanol–water partition coefficient (Wildman–Crippen LogP) is 2.36. The van der Waals surface area contributed by atoms with Gasteiger partial charge in [-0.15, -0.1) is 0 Å². The molecular weight excluding hydrogens is 274 g/mol. The Bertz CT molecular complexity index is 724. The van der Waals surface area contributed by atoms with Gasteiger partial charge in [-0.25, -0.2) is 4.79 Å². The van der Waals surface area contributed by atoms with E-state index in [4.69, 9.17) is 5.11 Å². The molecule has 6 nitrogen and oxygen atoms in total. The van der Waals surface area contributed by atoms with Gasteiger partial charge in [0.15, 0.2) is 0 Å². The summed E-state index contributed by atoms with van der Waals surface area (Å²) < 4.78 is 0. The summed E-state index contributed by atoms with van der Waals surface area (Å²) in [5.41, 5.74) is 0.827. The van der Waals surface area contributed by atoms with E-state index in [-0.39, 0.29) is 28.3 Å². The molecule has 0 bridgehead atoms. The number of hydrogen-bond acceptors (Lipinski definition) is 4. The maximum absolute atomic E-state index is 12.0. The van der Waals surface area contributed by atoms with Crippen molar-refractivity contribution in [3.05, 3.63) is 53.1 Å². The molecule has 0 spiro atoms. The SMILES string of the molecule is Cc1ccc(C(=O)Nc2ccc(C(=O)O)cc2O)c(O)c1. The van der Waals surface area contributed by atoms with Crippen molar-refractivity contribution in [1.29, 1.82) is 0 Å². The molecule has 0 atom stereocenters. The summed E-state index contributed by atoms with van der Waals surface area (Å²) in [4.78, 5) is 22.8. The van der Waals surface area contributed by atoms with E-state index in [0.29, 0.717) is 0 Å². The Morgan fingerprint density at radius 3 is 2.29 bits per heavy atom. The number of carboxylic acids is 1. The number of anilines is 1. The summed E-state index contributed by atoms with van der Waals surface area (Å²) in [6, 6.07) is 8.15. The second-order valence-electron chi connectivity index (χ2n) is 4.51. The fourth-order valence-corrected chi connectivity index (χ4v) is 1.79. The summed E-state index contributed by atoms with van der Waals surface area (Å²) in [6.07, 6.45) is 0. The number of hydrogen-bond donors (Lipinski definition) is 4. The Balaban J connectivity index is 2.25. The lowest BCUT2D eigenvalue weighted by molar-refractivity contribution is 0.0696. The number of carbonyl (C=O) groups is 2. The summed E-state index contributed by atoms with van der Waals surface area (Å²) in [7, 11) is 0. The number of benzene rings is 2. The Kier molecular flexibility index (Phi) is 3.80. The minimum absolute atomic E-state index is 0.0577. The average Bonchev–Trinajstić information content (AvgIpc) is 2.40. The van der Waals surface area contributed by atoms with Gasteiger partial charge in [0.2, 0.25) is 0 Å². The summed E-state index contributed by atoms with van der Waals surface area (Å²) in [5, 5.41) is 30.6. The van der Waals surface area contributed by atoms with Crippen LogP contribution in [0.15, 0.2) is 36.4 Å². The van der Waals surface area contributed by atoms with Crippen molar-refractivity contribution < 1.29 is 24.9 Å². The molecule has 2 aromatic carbocycles. The van der Waals surface area contributed by atoms with Crippen LogP contribution in [0, 0.1) is 6.92 Å². The van der Waals surface area contributed by atoms with Gasteiger partial charge in [0, 0.05) is 0 Å². The molecule has 21 heavy (non-hydrogen) atoms. The van der Waals surface area contributed by atoms with Crippen molar-refractivity contribution in [3.63, 3.8) is 0 Å². The molecule has 0 fully saturated rings. The molecule has 108 valence electrons. The van der Waals surface area contributed by atoms with Crippen molar-refractivity contribution >= 4 is 17.6 Å². The van der Waals surface area contributed by atoms with Crippen molar-refractivity contribution in [3.8, 4) is 11.5 Å². The van der Waals surface area contributed by atoms with E-state index in [1.165, 1.54) is 24.3 Å². The Labute approximate surface area is 120 Å². The molecule has 0 aliphatic carbocycles. The van der Waals surface area contributed by atoms with Gasteiger partial charge in [0.25, 0.3) is 5.91 Å². The molecule has 0 aromatic heterocycles. The zero-order valence-corrected chi connectivity index (χ0v) is 11.1. The van der Waals surface area contributed by atoms with Crippen molar-refractivity contribution in [2.24, 2.45) is 0 Å². The van der Waals surface area contributed by atoms with Crippen LogP contribution >= 0.6 is 0 Å². The maximum atomic E-state index is 12.0.